The Morgan fingerprint density at radius 2 is 1.48 bits per heavy atom. The van der Waals surface area contributed by atoms with Crippen molar-refractivity contribution < 1.29 is 19.1 Å². The molecule has 4 aromatic carbocycles. The van der Waals surface area contributed by atoms with E-state index in [0.29, 0.717) is 47.2 Å². The number of benzene rings is 4. The molecule has 2 aliphatic rings. The molecular weight excluding hydrogens is 550 g/mol. The summed E-state index contributed by atoms with van der Waals surface area (Å²) in [6.07, 6.45) is 1.46. The van der Waals surface area contributed by atoms with Crippen LogP contribution in [-0.2, 0) is 10.2 Å². The molecule has 212 valence electrons. The molecule has 0 aromatic heterocycles. The lowest BCUT2D eigenvalue weighted by Crippen LogP contribution is -2.47. The van der Waals surface area contributed by atoms with Crippen LogP contribution in [0.3, 0.4) is 0 Å². The maximum absolute atomic E-state index is 13.8. The van der Waals surface area contributed by atoms with Gasteiger partial charge in [0.15, 0.2) is 0 Å². The average Bonchev–Trinajstić information content (AvgIpc) is 3.32. The molecular formula is C34H30ClN3O4. The molecule has 7 nitrogen and oxygen atoms in total. The van der Waals surface area contributed by atoms with Gasteiger partial charge in [-0.1, -0.05) is 48.0 Å². The third-order valence-electron chi connectivity index (χ3n) is 8.08. The first kappa shape index (κ1) is 27.5. The molecule has 0 unspecified atom stereocenters. The summed E-state index contributed by atoms with van der Waals surface area (Å²) in [5, 5.41) is 3.05. The van der Waals surface area contributed by atoms with Gasteiger partial charge in [-0.3, -0.25) is 14.4 Å². The minimum atomic E-state index is -0.266. The lowest BCUT2D eigenvalue weighted by atomic mass is 9.74. The van der Waals surface area contributed by atoms with Gasteiger partial charge >= 0.3 is 0 Å². The molecule has 3 amide bonds. The summed E-state index contributed by atoms with van der Waals surface area (Å²) >= 11 is 6.46. The zero-order valence-corrected chi connectivity index (χ0v) is 23.9. The summed E-state index contributed by atoms with van der Waals surface area (Å²) in [4.78, 5) is 42.5. The summed E-state index contributed by atoms with van der Waals surface area (Å²) in [7, 11) is 0. The number of piperidine rings is 1. The Balaban J connectivity index is 1.17. The van der Waals surface area contributed by atoms with E-state index in [0.717, 1.165) is 29.8 Å². The van der Waals surface area contributed by atoms with E-state index < -0.39 is 0 Å². The molecule has 0 saturated carbocycles. The summed E-state index contributed by atoms with van der Waals surface area (Å²) in [5.41, 5.74) is 3.17. The predicted molar refractivity (Wildman–Crippen MR) is 164 cm³/mol. The summed E-state index contributed by atoms with van der Waals surface area (Å²) in [6.45, 7) is 3.08. The van der Waals surface area contributed by atoms with Crippen molar-refractivity contribution in [3.63, 3.8) is 0 Å². The molecule has 1 N–H and O–H groups in total. The number of rotatable bonds is 5. The highest BCUT2D eigenvalue weighted by Gasteiger charge is 2.47. The van der Waals surface area contributed by atoms with Gasteiger partial charge < -0.3 is 19.9 Å². The zero-order chi connectivity index (χ0) is 29.3. The Labute approximate surface area is 249 Å². The number of likely N-dealkylation sites (tertiary alicyclic amines) is 1. The largest absolute Gasteiger partial charge is 0.457 e. The second-order valence-electron chi connectivity index (χ2n) is 10.8. The van der Waals surface area contributed by atoms with E-state index in [1.54, 1.807) is 35.2 Å². The number of ether oxygens (including phenoxy) is 1. The monoisotopic (exact) mass is 579 g/mol. The Bertz CT molecular complexity index is 1650. The number of nitrogens with zero attached hydrogens (tertiary/aromatic N) is 2. The molecule has 0 atom stereocenters. The second-order valence-corrected chi connectivity index (χ2v) is 11.2. The van der Waals surface area contributed by atoms with Crippen LogP contribution in [0.1, 0.15) is 46.0 Å². The molecule has 0 bridgehead atoms. The maximum Gasteiger partial charge on any atom is 0.259 e. The number of anilines is 2. The SMILES string of the molecule is CC(=O)Nc1ccc(Cl)c(C(=O)N2CC3(CCN(C(=O)c4ccc(Oc5ccccc5)cc4)CC3)c3ccccc32)c1. The number of halogens is 1. The Morgan fingerprint density at radius 3 is 2.19 bits per heavy atom. The van der Waals surface area contributed by atoms with Crippen LogP contribution >= 0.6 is 11.6 Å². The molecule has 0 aliphatic carbocycles. The van der Waals surface area contributed by atoms with Crippen molar-refractivity contribution in [1.29, 1.82) is 0 Å². The number of hydrogen-bond donors (Lipinski definition) is 1. The molecule has 0 radical (unpaired) electrons. The third-order valence-corrected chi connectivity index (χ3v) is 8.41. The Hall–Kier alpha value is -4.62. The van der Waals surface area contributed by atoms with Crippen molar-refractivity contribution in [3.05, 3.63) is 119 Å². The number of nitrogens with one attached hydrogen (secondary N) is 1. The molecule has 2 heterocycles. The Morgan fingerprint density at radius 1 is 0.810 bits per heavy atom. The van der Waals surface area contributed by atoms with Crippen molar-refractivity contribution in [1.82, 2.24) is 4.90 Å². The van der Waals surface area contributed by atoms with Crippen molar-refractivity contribution >= 4 is 40.7 Å². The van der Waals surface area contributed by atoms with Gasteiger partial charge in [0.1, 0.15) is 11.5 Å². The summed E-state index contributed by atoms with van der Waals surface area (Å²) in [5.74, 6) is 0.957. The van der Waals surface area contributed by atoms with E-state index in [-0.39, 0.29) is 23.1 Å². The highest BCUT2D eigenvalue weighted by Crippen LogP contribution is 2.48. The fourth-order valence-electron chi connectivity index (χ4n) is 5.97. The van der Waals surface area contributed by atoms with Gasteiger partial charge in [-0.05, 0) is 79.1 Å². The number of para-hydroxylation sites is 2. The first-order valence-electron chi connectivity index (χ1n) is 13.9. The lowest BCUT2D eigenvalue weighted by molar-refractivity contribution is -0.114. The fourth-order valence-corrected chi connectivity index (χ4v) is 6.16. The number of carbonyl (C=O) groups excluding carboxylic acids is 3. The van der Waals surface area contributed by atoms with Crippen LogP contribution < -0.4 is 15.0 Å². The fraction of sp³-hybridized carbons (Fsp3) is 0.206. The van der Waals surface area contributed by atoms with Crippen LogP contribution in [0, 0.1) is 0 Å². The standard InChI is InChI=1S/C34H30ClN3O4/c1-23(39)36-25-13-16-30(35)28(21-25)33(41)38-22-34(29-9-5-6-10-31(29)38)17-19-37(20-18-34)32(40)24-11-14-27(15-12-24)42-26-7-3-2-4-8-26/h2-16,21H,17-20,22H2,1H3,(H,36,39). The topological polar surface area (TPSA) is 79.0 Å². The van der Waals surface area contributed by atoms with Gasteiger partial charge in [-0.2, -0.15) is 0 Å². The Kier molecular flexibility index (Phi) is 7.43. The summed E-state index contributed by atoms with van der Waals surface area (Å²) < 4.78 is 5.86. The molecule has 1 saturated heterocycles. The maximum atomic E-state index is 13.8. The van der Waals surface area contributed by atoms with E-state index >= 15 is 0 Å². The van der Waals surface area contributed by atoms with Gasteiger partial charge in [-0.25, -0.2) is 0 Å². The van der Waals surface area contributed by atoms with Crippen LogP contribution in [0.4, 0.5) is 11.4 Å². The molecule has 42 heavy (non-hydrogen) atoms. The predicted octanol–water partition coefficient (Wildman–Crippen LogP) is 6.93. The summed E-state index contributed by atoms with van der Waals surface area (Å²) in [6, 6.07) is 29.7. The normalized spacial score (nSPS) is 15.3. The van der Waals surface area contributed by atoms with Gasteiger partial charge in [0.2, 0.25) is 5.91 Å². The van der Waals surface area contributed by atoms with Crippen molar-refractivity contribution in [3.8, 4) is 11.5 Å². The van der Waals surface area contributed by atoms with Gasteiger partial charge in [-0.15, -0.1) is 0 Å². The smallest absolute Gasteiger partial charge is 0.259 e. The second kappa shape index (κ2) is 11.3. The third kappa shape index (κ3) is 5.35. The van der Waals surface area contributed by atoms with Gasteiger partial charge in [0.05, 0.1) is 10.6 Å². The highest BCUT2D eigenvalue weighted by atomic mass is 35.5. The van der Waals surface area contributed by atoms with E-state index in [1.807, 2.05) is 65.6 Å². The minimum absolute atomic E-state index is 0.0168. The molecule has 1 fully saturated rings. The van der Waals surface area contributed by atoms with Crippen LogP contribution in [0.15, 0.2) is 97.1 Å². The molecule has 6 rings (SSSR count). The number of fused-ring (bicyclic) bond motifs is 2. The average molecular weight is 580 g/mol. The van der Waals surface area contributed by atoms with E-state index in [1.165, 1.54) is 6.92 Å². The van der Waals surface area contributed by atoms with Crippen LogP contribution in [-0.4, -0.2) is 42.3 Å². The van der Waals surface area contributed by atoms with E-state index in [9.17, 15) is 14.4 Å². The molecule has 8 heteroatoms. The van der Waals surface area contributed by atoms with E-state index in [4.69, 9.17) is 16.3 Å². The zero-order valence-electron chi connectivity index (χ0n) is 23.2. The number of hydrogen-bond acceptors (Lipinski definition) is 4. The molecule has 2 aliphatic heterocycles. The quantitative estimate of drug-likeness (QED) is 0.278. The number of amides is 3. The highest BCUT2D eigenvalue weighted by molar-refractivity contribution is 6.34. The minimum Gasteiger partial charge on any atom is -0.457 e. The van der Waals surface area contributed by atoms with Crippen LogP contribution in [0.2, 0.25) is 5.02 Å². The first-order chi connectivity index (χ1) is 20.3. The van der Waals surface area contributed by atoms with Crippen molar-refractivity contribution in [2.24, 2.45) is 0 Å². The lowest BCUT2D eigenvalue weighted by Gasteiger charge is -2.40. The first-order valence-corrected chi connectivity index (χ1v) is 14.3. The molecule has 4 aromatic rings. The van der Waals surface area contributed by atoms with Crippen LogP contribution in [0.25, 0.3) is 0 Å². The van der Waals surface area contributed by atoms with Gasteiger partial charge in [0.25, 0.3) is 11.8 Å². The van der Waals surface area contributed by atoms with Crippen LogP contribution in [0.5, 0.6) is 11.5 Å². The number of carbonyl (C=O) groups is 3. The van der Waals surface area contributed by atoms with Crippen molar-refractivity contribution in [2.75, 3.05) is 29.9 Å². The van der Waals surface area contributed by atoms with Crippen molar-refractivity contribution in [2.45, 2.75) is 25.2 Å². The van der Waals surface area contributed by atoms with E-state index in [2.05, 4.69) is 11.4 Å². The van der Waals surface area contributed by atoms with Gasteiger partial charge in [0, 0.05) is 48.9 Å². The molecule has 1 spiro atoms.